The molecule has 0 fully saturated rings. The Morgan fingerprint density at radius 1 is 0.897 bits per heavy atom. The molecule has 10 nitrogen and oxygen atoms in total. The Bertz CT molecular complexity index is 1230. The maximum atomic E-state index is 12.9. The van der Waals surface area contributed by atoms with Crippen molar-refractivity contribution in [2.75, 3.05) is 13.2 Å². The van der Waals surface area contributed by atoms with Gasteiger partial charge in [-0.2, -0.15) is 0 Å². The second-order valence-electron chi connectivity index (χ2n) is 8.22. The fourth-order valence-electron chi connectivity index (χ4n) is 3.64. The largest absolute Gasteiger partial charge is 0.491 e. The number of aliphatic hydroxyl groups is 1. The van der Waals surface area contributed by atoms with Crippen LogP contribution in [-0.2, 0) is 9.53 Å². The van der Waals surface area contributed by atoms with Crippen molar-refractivity contribution < 1.29 is 38.9 Å². The lowest BCUT2D eigenvalue weighted by Crippen LogP contribution is -2.36. The molecule has 204 valence electrons. The van der Waals surface area contributed by atoms with Crippen LogP contribution in [0.15, 0.2) is 97.1 Å². The van der Waals surface area contributed by atoms with Gasteiger partial charge in [-0.3, -0.25) is 20.1 Å². The van der Waals surface area contributed by atoms with Crippen LogP contribution in [0.2, 0.25) is 0 Å². The summed E-state index contributed by atoms with van der Waals surface area (Å²) in [5.74, 6) is -0.357. The lowest BCUT2D eigenvalue weighted by atomic mass is 9.99. The van der Waals surface area contributed by atoms with E-state index in [-0.39, 0.29) is 25.2 Å². The van der Waals surface area contributed by atoms with Crippen LogP contribution in [0.1, 0.15) is 34.9 Å². The minimum atomic E-state index is -1.01. The fourth-order valence-corrected chi connectivity index (χ4v) is 3.64. The molecule has 10 heteroatoms. The average Bonchev–Trinajstić information content (AvgIpc) is 2.97. The molecular weight excluding hydrogens is 504 g/mol. The zero-order chi connectivity index (χ0) is 27.9. The standard InChI is InChI=1S/C29H30N2O8/c32-18-19-37-24-15-9-12-22(20-24)27(39-29(35)30-28(34)21-10-3-1-4-11-21)25(16-7-8-17-26(33)31-36)38-23-13-5-2-6-14-23/h1-6,8-15,17,20,25,27,32,36H,7,16,18-19H2,(H,31,33)(H,30,34,35)/b17-8+/t25-,27-/m0/s1. The number of amides is 3. The summed E-state index contributed by atoms with van der Waals surface area (Å²) in [6.07, 6.45) is 0.582. The number of benzene rings is 3. The molecule has 2 atom stereocenters. The maximum Gasteiger partial charge on any atom is 0.414 e. The SMILES string of the molecule is O=C(/C=C/CC[C@H](Oc1ccccc1)[C@@H](OC(=O)NC(=O)c1ccccc1)c1cccc(OCCO)c1)NO. The van der Waals surface area contributed by atoms with Crippen molar-refractivity contribution in [1.82, 2.24) is 10.8 Å². The van der Waals surface area contributed by atoms with Crippen molar-refractivity contribution in [3.63, 3.8) is 0 Å². The van der Waals surface area contributed by atoms with Crippen molar-refractivity contribution in [1.29, 1.82) is 0 Å². The molecule has 0 aliphatic heterocycles. The van der Waals surface area contributed by atoms with Gasteiger partial charge in [-0.15, -0.1) is 0 Å². The number of para-hydroxylation sites is 1. The van der Waals surface area contributed by atoms with Crippen LogP contribution in [0.25, 0.3) is 0 Å². The second-order valence-corrected chi connectivity index (χ2v) is 8.22. The quantitative estimate of drug-likeness (QED) is 0.147. The van der Waals surface area contributed by atoms with E-state index in [9.17, 15) is 14.4 Å². The number of ether oxygens (including phenoxy) is 3. The first-order chi connectivity index (χ1) is 19.0. The molecule has 3 aromatic carbocycles. The Morgan fingerprint density at radius 3 is 2.28 bits per heavy atom. The molecule has 4 N–H and O–H groups in total. The molecule has 0 saturated carbocycles. The Balaban J connectivity index is 1.90. The number of nitrogens with one attached hydrogen (secondary N) is 2. The van der Waals surface area contributed by atoms with Crippen molar-refractivity contribution in [2.24, 2.45) is 0 Å². The minimum absolute atomic E-state index is 0.0721. The highest BCUT2D eigenvalue weighted by molar-refractivity contribution is 6.02. The van der Waals surface area contributed by atoms with Crippen LogP contribution >= 0.6 is 0 Å². The van der Waals surface area contributed by atoms with E-state index in [0.717, 1.165) is 0 Å². The minimum Gasteiger partial charge on any atom is -0.491 e. The van der Waals surface area contributed by atoms with Gasteiger partial charge in [0.15, 0.2) is 6.10 Å². The second kappa shape index (κ2) is 15.6. The van der Waals surface area contributed by atoms with E-state index >= 15 is 0 Å². The number of allylic oxidation sites excluding steroid dienone is 1. The molecule has 0 spiro atoms. The van der Waals surface area contributed by atoms with Gasteiger partial charge in [0.25, 0.3) is 11.8 Å². The molecule has 3 amide bonds. The predicted molar refractivity (Wildman–Crippen MR) is 141 cm³/mol. The van der Waals surface area contributed by atoms with Crippen molar-refractivity contribution >= 4 is 17.9 Å². The van der Waals surface area contributed by atoms with E-state index < -0.39 is 30.1 Å². The van der Waals surface area contributed by atoms with E-state index in [0.29, 0.717) is 23.5 Å². The summed E-state index contributed by atoms with van der Waals surface area (Å²) >= 11 is 0. The molecule has 0 aliphatic rings. The molecule has 0 bridgehead atoms. The summed E-state index contributed by atoms with van der Waals surface area (Å²) in [7, 11) is 0. The average molecular weight is 535 g/mol. The smallest absolute Gasteiger partial charge is 0.414 e. The molecule has 3 aromatic rings. The van der Waals surface area contributed by atoms with Crippen molar-refractivity contribution in [2.45, 2.75) is 25.0 Å². The van der Waals surface area contributed by atoms with Gasteiger partial charge in [0.05, 0.1) is 6.61 Å². The van der Waals surface area contributed by atoms with Crippen LogP contribution in [0.5, 0.6) is 11.5 Å². The van der Waals surface area contributed by atoms with E-state index in [1.807, 2.05) is 6.07 Å². The van der Waals surface area contributed by atoms with Gasteiger partial charge < -0.3 is 19.3 Å². The molecular formula is C29H30N2O8. The highest BCUT2D eigenvalue weighted by Crippen LogP contribution is 2.31. The Labute approximate surface area is 225 Å². The number of hydroxylamine groups is 1. The number of rotatable bonds is 13. The topological polar surface area (TPSA) is 143 Å². The highest BCUT2D eigenvalue weighted by Gasteiger charge is 2.30. The van der Waals surface area contributed by atoms with Gasteiger partial charge in [0, 0.05) is 11.6 Å². The van der Waals surface area contributed by atoms with Crippen molar-refractivity contribution in [3.8, 4) is 11.5 Å². The van der Waals surface area contributed by atoms with E-state index in [1.165, 1.54) is 11.6 Å². The number of imide groups is 1. The number of alkyl carbamates (subject to hydrolysis) is 1. The van der Waals surface area contributed by atoms with Crippen LogP contribution in [-0.4, -0.2) is 47.5 Å². The number of hydrogen-bond acceptors (Lipinski definition) is 8. The summed E-state index contributed by atoms with van der Waals surface area (Å²) in [5.41, 5.74) is 2.33. The van der Waals surface area contributed by atoms with Crippen molar-refractivity contribution in [3.05, 3.63) is 108 Å². The number of aliphatic hydroxyl groups excluding tert-OH is 1. The van der Waals surface area contributed by atoms with E-state index in [1.54, 1.807) is 84.9 Å². The zero-order valence-corrected chi connectivity index (χ0v) is 21.1. The summed E-state index contributed by atoms with van der Waals surface area (Å²) in [4.78, 5) is 36.8. The molecule has 0 radical (unpaired) electrons. The Kier molecular flexibility index (Phi) is 11.5. The lowest BCUT2D eigenvalue weighted by molar-refractivity contribution is -0.124. The Morgan fingerprint density at radius 2 is 1.59 bits per heavy atom. The molecule has 0 aromatic heterocycles. The predicted octanol–water partition coefficient (Wildman–Crippen LogP) is 3.95. The van der Waals surface area contributed by atoms with Gasteiger partial charge in [-0.25, -0.2) is 10.3 Å². The normalized spacial score (nSPS) is 12.3. The first-order valence-electron chi connectivity index (χ1n) is 12.2. The van der Waals surface area contributed by atoms with Gasteiger partial charge in [0.2, 0.25) is 0 Å². The molecule has 0 unspecified atom stereocenters. The summed E-state index contributed by atoms with van der Waals surface area (Å²) in [6, 6.07) is 23.9. The maximum absolute atomic E-state index is 12.9. The van der Waals surface area contributed by atoms with Gasteiger partial charge in [-0.05, 0) is 54.8 Å². The molecule has 0 aliphatic carbocycles. The van der Waals surface area contributed by atoms with Crippen LogP contribution in [0.4, 0.5) is 4.79 Å². The fraction of sp³-hybridized carbons (Fsp3) is 0.207. The first-order valence-corrected chi connectivity index (χ1v) is 12.2. The third-order valence-electron chi connectivity index (χ3n) is 5.40. The van der Waals surface area contributed by atoms with Crippen LogP contribution in [0, 0.1) is 0 Å². The monoisotopic (exact) mass is 534 g/mol. The number of carbonyl (C=O) groups excluding carboxylic acids is 3. The summed E-state index contributed by atoms with van der Waals surface area (Å²) < 4.78 is 17.5. The summed E-state index contributed by atoms with van der Waals surface area (Å²) in [6.45, 7) is -0.107. The van der Waals surface area contributed by atoms with Crippen LogP contribution < -0.4 is 20.3 Å². The first kappa shape index (κ1) is 28.9. The summed E-state index contributed by atoms with van der Waals surface area (Å²) in [5, 5.41) is 20.1. The Hall–Kier alpha value is -4.67. The molecule has 0 heterocycles. The zero-order valence-electron chi connectivity index (χ0n) is 21.1. The van der Waals surface area contributed by atoms with E-state index in [2.05, 4.69) is 5.32 Å². The lowest BCUT2D eigenvalue weighted by Gasteiger charge is -2.28. The number of carbonyl (C=O) groups is 3. The molecule has 0 saturated heterocycles. The number of hydrogen-bond donors (Lipinski definition) is 4. The van der Waals surface area contributed by atoms with Gasteiger partial charge in [0.1, 0.15) is 24.2 Å². The van der Waals surface area contributed by atoms with Gasteiger partial charge >= 0.3 is 6.09 Å². The molecule has 3 rings (SSSR count). The third-order valence-corrected chi connectivity index (χ3v) is 5.40. The van der Waals surface area contributed by atoms with Crippen LogP contribution in [0.3, 0.4) is 0 Å². The van der Waals surface area contributed by atoms with E-state index in [4.69, 9.17) is 24.5 Å². The highest BCUT2D eigenvalue weighted by atomic mass is 16.6. The molecule has 39 heavy (non-hydrogen) atoms. The van der Waals surface area contributed by atoms with Gasteiger partial charge in [-0.1, -0.05) is 54.6 Å². The third kappa shape index (κ3) is 9.62.